The highest BCUT2D eigenvalue weighted by Crippen LogP contribution is 2.38. The SMILES string of the molecule is Cc1nc2ccc(C(=O)N3CCC[C@]4(CN(C)CC[C@@H]4O)C3)cc2nc1C. The fourth-order valence-electron chi connectivity index (χ4n) is 4.65. The summed E-state index contributed by atoms with van der Waals surface area (Å²) in [6.45, 7) is 7.01. The van der Waals surface area contributed by atoms with Gasteiger partial charge >= 0.3 is 0 Å². The number of amides is 1. The summed E-state index contributed by atoms with van der Waals surface area (Å²) in [6, 6.07) is 5.57. The first-order valence-corrected chi connectivity index (χ1v) is 9.79. The number of aliphatic hydroxyl groups excluding tert-OH is 1. The number of aliphatic hydroxyl groups is 1. The van der Waals surface area contributed by atoms with Crippen LogP contribution in [-0.4, -0.2) is 70.1 Å². The van der Waals surface area contributed by atoms with E-state index in [-0.39, 0.29) is 17.4 Å². The maximum Gasteiger partial charge on any atom is 0.253 e. The van der Waals surface area contributed by atoms with Crippen LogP contribution in [0.5, 0.6) is 0 Å². The van der Waals surface area contributed by atoms with Crippen LogP contribution in [0.4, 0.5) is 0 Å². The number of likely N-dealkylation sites (tertiary alicyclic amines) is 2. The van der Waals surface area contributed by atoms with E-state index in [0.29, 0.717) is 12.1 Å². The number of carbonyl (C=O) groups excluding carboxylic acids is 1. The summed E-state index contributed by atoms with van der Waals surface area (Å²) in [7, 11) is 2.10. The highest BCUT2D eigenvalue weighted by Gasteiger charge is 2.45. The van der Waals surface area contributed by atoms with Gasteiger partial charge in [0.1, 0.15) is 0 Å². The van der Waals surface area contributed by atoms with Crippen molar-refractivity contribution >= 4 is 16.9 Å². The summed E-state index contributed by atoms with van der Waals surface area (Å²) in [6.07, 6.45) is 2.35. The van der Waals surface area contributed by atoms with Gasteiger partial charge in [0.25, 0.3) is 5.91 Å². The van der Waals surface area contributed by atoms with Crippen LogP contribution in [0, 0.1) is 19.3 Å². The standard InChI is InChI=1S/C21H28N4O2/c1-14-15(2)23-18-11-16(5-6-17(18)22-14)20(27)25-9-4-8-21(13-25)12-24(3)10-7-19(21)26/h5-6,11,19,26H,4,7-10,12-13H2,1-3H3/t19-,21-/m0/s1. The topological polar surface area (TPSA) is 69.6 Å². The molecule has 3 heterocycles. The Morgan fingerprint density at radius 2 is 1.89 bits per heavy atom. The van der Waals surface area contributed by atoms with Crippen LogP contribution < -0.4 is 0 Å². The summed E-state index contributed by atoms with van der Waals surface area (Å²) >= 11 is 0. The third kappa shape index (κ3) is 3.32. The molecule has 2 aliphatic rings. The maximum absolute atomic E-state index is 13.2. The Hall–Kier alpha value is -2.05. The molecular weight excluding hydrogens is 340 g/mol. The van der Waals surface area contributed by atoms with Gasteiger partial charge in [-0.1, -0.05) is 0 Å². The molecule has 1 aromatic carbocycles. The lowest BCUT2D eigenvalue weighted by Gasteiger charge is -2.50. The van der Waals surface area contributed by atoms with Crippen molar-refractivity contribution in [1.29, 1.82) is 0 Å². The summed E-state index contributed by atoms with van der Waals surface area (Å²) in [5.74, 6) is 0.0245. The van der Waals surface area contributed by atoms with Crippen molar-refractivity contribution in [3.8, 4) is 0 Å². The molecule has 0 unspecified atom stereocenters. The number of carbonyl (C=O) groups is 1. The molecule has 2 atom stereocenters. The summed E-state index contributed by atoms with van der Waals surface area (Å²) in [5.41, 5.74) is 3.82. The van der Waals surface area contributed by atoms with E-state index in [1.807, 2.05) is 36.9 Å². The van der Waals surface area contributed by atoms with E-state index in [0.717, 1.165) is 61.3 Å². The number of piperidine rings is 2. The Kier molecular flexibility index (Phi) is 4.64. The molecule has 144 valence electrons. The van der Waals surface area contributed by atoms with Gasteiger partial charge in [-0.15, -0.1) is 0 Å². The maximum atomic E-state index is 13.2. The molecule has 0 saturated carbocycles. The minimum atomic E-state index is -0.336. The number of nitrogens with zero attached hydrogens (tertiary/aromatic N) is 4. The average Bonchev–Trinajstić information content (AvgIpc) is 2.65. The van der Waals surface area contributed by atoms with Crippen molar-refractivity contribution in [2.75, 3.05) is 33.2 Å². The molecule has 4 rings (SSSR count). The molecule has 2 aliphatic heterocycles. The van der Waals surface area contributed by atoms with Crippen LogP contribution >= 0.6 is 0 Å². The lowest BCUT2D eigenvalue weighted by molar-refractivity contribution is -0.0731. The second kappa shape index (κ2) is 6.84. The van der Waals surface area contributed by atoms with Crippen molar-refractivity contribution in [3.63, 3.8) is 0 Å². The van der Waals surface area contributed by atoms with E-state index in [1.165, 1.54) is 0 Å². The molecular formula is C21H28N4O2. The quantitative estimate of drug-likeness (QED) is 0.835. The molecule has 6 heteroatoms. The third-order valence-corrected chi connectivity index (χ3v) is 6.29. The first-order chi connectivity index (χ1) is 12.9. The lowest BCUT2D eigenvalue weighted by Crippen LogP contribution is -2.59. The van der Waals surface area contributed by atoms with E-state index in [2.05, 4.69) is 21.9 Å². The molecule has 1 spiro atoms. The van der Waals surface area contributed by atoms with Gasteiger partial charge in [0, 0.05) is 37.2 Å². The summed E-state index contributed by atoms with van der Waals surface area (Å²) in [5, 5.41) is 10.7. The molecule has 1 aromatic heterocycles. The molecule has 0 radical (unpaired) electrons. The molecule has 2 saturated heterocycles. The molecule has 1 amide bonds. The Bertz CT molecular complexity index is 884. The van der Waals surface area contributed by atoms with Gasteiger partial charge in [0.15, 0.2) is 0 Å². The van der Waals surface area contributed by atoms with Crippen molar-refractivity contribution in [3.05, 3.63) is 35.2 Å². The Morgan fingerprint density at radius 3 is 2.67 bits per heavy atom. The number of rotatable bonds is 1. The Labute approximate surface area is 160 Å². The molecule has 27 heavy (non-hydrogen) atoms. The van der Waals surface area contributed by atoms with Crippen molar-refractivity contribution in [2.45, 2.75) is 39.2 Å². The van der Waals surface area contributed by atoms with Gasteiger partial charge in [-0.05, 0) is 58.4 Å². The Balaban J connectivity index is 1.60. The van der Waals surface area contributed by atoms with E-state index < -0.39 is 0 Å². The van der Waals surface area contributed by atoms with Gasteiger partial charge in [0.2, 0.25) is 0 Å². The largest absolute Gasteiger partial charge is 0.392 e. The summed E-state index contributed by atoms with van der Waals surface area (Å²) < 4.78 is 0. The highest BCUT2D eigenvalue weighted by molar-refractivity contribution is 5.97. The van der Waals surface area contributed by atoms with Gasteiger partial charge in [-0.3, -0.25) is 4.79 Å². The predicted molar refractivity (Wildman–Crippen MR) is 105 cm³/mol. The smallest absolute Gasteiger partial charge is 0.253 e. The Morgan fingerprint density at radius 1 is 1.15 bits per heavy atom. The number of hydrogen-bond donors (Lipinski definition) is 1. The van der Waals surface area contributed by atoms with Crippen LogP contribution in [0.15, 0.2) is 18.2 Å². The molecule has 6 nitrogen and oxygen atoms in total. The third-order valence-electron chi connectivity index (χ3n) is 6.29. The average molecular weight is 368 g/mol. The molecule has 0 bridgehead atoms. The zero-order chi connectivity index (χ0) is 19.2. The monoisotopic (exact) mass is 368 g/mol. The van der Waals surface area contributed by atoms with Crippen LogP contribution in [0.2, 0.25) is 0 Å². The van der Waals surface area contributed by atoms with E-state index in [9.17, 15) is 9.90 Å². The number of hydrogen-bond acceptors (Lipinski definition) is 5. The van der Waals surface area contributed by atoms with Crippen LogP contribution in [-0.2, 0) is 0 Å². The normalized spacial score (nSPS) is 26.7. The minimum Gasteiger partial charge on any atom is -0.392 e. The minimum absolute atomic E-state index is 0.0245. The fraction of sp³-hybridized carbons (Fsp3) is 0.571. The number of aromatic nitrogens is 2. The van der Waals surface area contributed by atoms with Crippen LogP contribution in [0.25, 0.3) is 11.0 Å². The second-order valence-corrected chi connectivity index (χ2v) is 8.33. The van der Waals surface area contributed by atoms with E-state index in [1.54, 1.807) is 0 Å². The first-order valence-electron chi connectivity index (χ1n) is 9.79. The fourth-order valence-corrected chi connectivity index (χ4v) is 4.65. The van der Waals surface area contributed by atoms with Crippen molar-refractivity contribution in [1.82, 2.24) is 19.8 Å². The predicted octanol–water partition coefficient (Wildman–Crippen LogP) is 2.17. The van der Waals surface area contributed by atoms with Gasteiger partial charge < -0.3 is 14.9 Å². The van der Waals surface area contributed by atoms with Gasteiger partial charge in [0.05, 0.1) is 28.5 Å². The van der Waals surface area contributed by atoms with E-state index >= 15 is 0 Å². The molecule has 0 aliphatic carbocycles. The van der Waals surface area contributed by atoms with Crippen LogP contribution in [0.1, 0.15) is 41.0 Å². The lowest BCUT2D eigenvalue weighted by atomic mass is 9.71. The van der Waals surface area contributed by atoms with Crippen molar-refractivity contribution in [2.24, 2.45) is 5.41 Å². The molecule has 1 N–H and O–H groups in total. The zero-order valence-electron chi connectivity index (χ0n) is 16.4. The van der Waals surface area contributed by atoms with E-state index in [4.69, 9.17) is 0 Å². The van der Waals surface area contributed by atoms with Gasteiger partial charge in [-0.2, -0.15) is 0 Å². The molecule has 2 fully saturated rings. The highest BCUT2D eigenvalue weighted by atomic mass is 16.3. The first kappa shape index (κ1) is 18.3. The number of benzene rings is 1. The van der Waals surface area contributed by atoms with Crippen molar-refractivity contribution < 1.29 is 9.90 Å². The van der Waals surface area contributed by atoms with Gasteiger partial charge in [-0.25, -0.2) is 9.97 Å². The zero-order valence-corrected chi connectivity index (χ0v) is 16.4. The number of aryl methyl sites for hydroxylation is 2. The molecule has 2 aromatic rings. The summed E-state index contributed by atoms with van der Waals surface area (Å²) in [4.78, 5) is 26.5. The number of fused-ring (bicyclic) bond motifs is 1. The van der Waals surface area contributed by atoms with Crippen LogP contribution in [0.3, 0.4) is 0 Å². The second-order valence-electron chi connectivity index (χ2n) is 8.33.